The monoisotopic (exact) mass is 580 g/mol. The first kappa shape index (κ1) is 30.9. The number of primary amides is 1. The number of aliphatic imine (C=N–C) groups is 1. The van der Waals surface area contributed by atoms with Gasteiger partial charge in [-0.15, -0.1) is 0 Å². The van der Waals surface area contributed by atoms with E-state index in [0.717, 1.165) is 33.1 Å². The Balaban J connectivity index is 1.49. The molecule has 1 atom stereocenters. The number of carbonyl (C=O) groups excluding carboxylic acids is 2. The number of piperazine rings is 1. The molecular weight excluding hydrogens is 542 g/mol. The van der Waals surface area contributed by atoms with Crippen molar-refractivity contribution >= 4 is 23.2 Å². The van der Waals surface area contributed by atoms with Crippen LogP contribution < -0.4 is 21.1 Å². The molecule has 2 fully saturated rings. The minimum Gasteiger partial charge on any atom is -0.457 e. The van der Waals surface area contributed by atoms with Crippen molar-refractivity contribution in [3.63, 3.8) is 0 Å². The number of benzene rings is 2. The van der Waals surface area contributed by atoms with E-state index in [1.165, 1.54) is 18.2 Å². The van der Waals surface area contributed by atoms with Crippen LogP contribution in [0.2, 0.25) is 0 Å². The van der Waals surface area contributed by atoms with Crippen molar-refractivity contribution in [2.75, 3.05) is 39.8 Å². The third-order valence-electron chi connectivity index (χ3n) is 7.28. The molecule has 2 heterocycles. The Morgan fingerprint density at radius 3 is 2.50 bits per heavy atom. The van der Waals surface area contributed by atoms with Gasteiger partial charge in [0.1, 0.15) is 23.3 Å². The molecule has 4 rings (SSSR count). The average molecular weight is 581 g/mol. The number of ether oxygens (including phenoxy) is 1. The first-order chi connectivity index (χ1) is 19.9. The van der Waals surface area contributed by atoms with Crippen LogP contribution in [-0.4, -0.2) is 73.1 Å². The van der Waals surface area contributed by atoms with Gasteiger partial charge in [-0.1, -0.05) is 6.58 Å². The quantitative estimate of drug-likeness (QED) is 0.350. The molecule has 2 amide bonds. The topological polar surface area (TPSA) is 112 Å². The number of nitrogens with one attached hydrogen (secondary N) is 2. The predicted octanol–water partition coefficient (Wildman–Crippen LogP) is 3.62. The molecule has 2 saturated heterocycles. The fourth-order valence-corrected chi connectivity index (χ4v) is 4.79. The summed E-state index contributed by atoms with van der Waals surface area (Å²) in [6, 6.07) is 11.1. The summed E-state index contributed by atoms with van der Waals surface area (Å²) in [6.45, 7) is 11.2. The number of rotatable bonds is 11. The van der Waals surface area contributed by atoms with Gasteiger partial charge in [0.25, 0.3) is 11.8 Å². The van der Waals surface area contributed by atoms with E-state index in [1.807, 2.05) is 0 Å². The summed E-state index contributed by atoms with van der Waals surface area (Å²) in [5.74, 6) is -2.78. The molecule has 0 aromatic heterocycles. The summed E-state index contributed by atoms with van der Waals surface area (Å²) in [6.07, 6.45) is 2.13. The molecule has 4 N–H and O–H groups in total. The third-order valence-corrected chi connectivity index (χ3v) is 7.28. The van der Waals surface area contributed by atoms with Crippen LogP contribution in [0.15, 0.2) is 65.8 Å². The Labute approximate surface area is 245 Å². The number of nitrogens with two attached hydrogens (primary N) is 1. The van der Waals surface area contributed by atoms with Crippen molar-refractivity contribution in [2.24, 2.45) is 10.7 Å². The second-order valence-electron chi connectivity index (χ2n) is 10.8. The zero-order chi connectivity index (χ0) is 30.4. The number of likely N-dealkylation sites (N-methyl/N-ethyl adjacent to an activating group) is 1. The zero-order valence-electron chi connectivity index (χ0n) is 24.3. The van der Waals surface area contributed by atoms with E-state index >= 15 is 0 Å². The molecule has 2 aliphatic heterocycles. The summed E-state index contributed by atoms with van der Waals surface area (Å²) in [4.78, 5) is 32.7. The third kappa shape index (κ3) is 8.23. The summed E-state index contributed by atoms with van der Waals surface area (Å²) < 4.78 is 34.4. The van der Waals surface area contributed by atoms with Crippen molar-refractivity contribution in [1.82, 2.24) is 20.4 Å². The van der Waals surface area contributed by atoms with Gasteiger partial charge in [0.05, 0.1) is 5.70 Å². The SMILES string of the molecule is C=C(/N=C(\C=C(/C)NC1CCNC1=O)C(N)=O)c1ccc(Oc2ccc(C(C)(F)F)cc2CN2CCN(C)CC2)cc1. The maximum atomic E-state index is 14.1. The minimum absolute atomic E-state index is 0.00917. The molecule has 9 nitrogen and oxygen atoms in total. The van der Waals surface area contributed by atoms with Gasteiger partial charge in [-0.2, -0.15) is 0 Å². The Morgan fingerprint density at radius 1 is 1.21 bits per heavy atom. The largest absolute Gasteiger partial charge is 0.457 e. The molecule has 0 bridgehead atoms. The zero-order valence-corrected chi connectivity index (χ0v) is 24.3. The van der Waals surface area contributed by atoms with Crippen molar-refractivity contribution in [1.29, 1.82) is 0 Å². The van der Waals surface area contributed by atoms with Gasteiger partial charge in [-0.05, 0) is 74.5 Å². The van der Waals surface area contributed by atoms with Gasteiger partial charge in [0.2, 0.25) is 5.91 Å². The van der Waals surface area contributed by atoms with E-state index in [4.69, 9.17) is 10.5 Å². The minimum atomic E-state index is -2.96. The van der Waals surface area contributed by atoms with Gasteiger partial charge in [-0.25, -0.2) is 13.8 Å². The molecule has 0 radical (unpaired) electrons. The molecule has 2 aliphatic rings. The Hall–Kier alpha value is -4.09. The fourth-order valence-electron chi connectivity index (χ4n) is 4.79. The highest BCUT2D eigenvalue weighted by atomic mass is 19.3. The number of nitrogens with zero attached hydrogens (tertiary/aromatic N) is 3. The van der Waals surface area contributed by atoms with Crippen LogP contribution in [-0.2, 0) is 22.1 Å². The van der Waals surface area contributed by atoms with E-state index in [-0.39, 0.29) is 23.2 Å². The van der Waals surface area contributed by atoms with E-state index in [1.54, 1.807) is 37.3 Å². The van der Waals surface area contributed by atoms with Crippen LogP contribution >= 0.6 is 0 Å². The molecule has 1 unspecified atom stereocenters. The van der Waals surface area contributed by atoms with E-state index < -0.39 is 11.8 Å². The second-order valence-corrected chi connectivity index (χ2v) is 10.8. The molecule has 11 heteroatoms. The summed E-state index contributed by atoms with van der Waals surface area (Å²) in [5, 5.41) is 5.82. The summed E-state index contributed by atoms with van der Waals surface area (Å²) in [5.41, 5.74) is 7.69. The van der Waals surface area contributed by atoms with E-state index in [2.05, 4.69) is 39.1 Å². The van der Waals surface area contributed by atoms with Crippen molar-refractivity contribution in [3.05, 3.63) is 77.5 Å². The van der Waals surface area contributed by atoms with Crippen LogP contribution in [0.3, 0.4) is 0 Å². The highest BCUT2D eigenvalue weighted by molar-refractivity contribution is 6.43. The molecule has 0 spiro atoms. The van der Waals surface area contributed by atoms with E-state index in [9.17, 15) is 18.4 Å². The average Bonchev–Trinajstić information content (AvgIpc) is 3.34. The number of carbonyl (C=O) groups is 2. The standard InChI is InChI=1S/C31H38F2N6O3/c1-20(36-26-11-12-35-30(26)41)17-27(29(34)40)37-21(2)22-5-8-25(9-6-22)42-28-10-7-24(31(3,32)33)18-23(28)19-39-15-13-38(4)14-16-39/h5-10,17-18,26,36H,2,11-16,19H2,1,3-4H3,(H2,34,40)(H,35,41)/b20-17+,37-27+. The van der Waals surface area contributed by atoms with Gasteiger partial charge >= 0.3 is 0 Å². The normalized spacial score (nSPS) is 19.0. The van der Waals surface area contributed by atoms with Crippen molar-refractivity contribution < 1.29 is 23.1 Å². The Bertz CT molecular complexity index is 1380. The summed E-state index contributed by atoms with van der Waals surface area (Å²) >= 11 is 0. The first-order valence-corrected chi connectivity index (χ1v) is 13.9. The second kappa shape index (κ2) is 13.3. The number of alkyl halides is 2. The smallest absolute Gasteiger partial charge is 0.270 e. The molecule has 224 valence electrons. The number of hydrogen-bond donors (Lipinski definition) is 3. The van der Waals surface area contributed by atoms with Gasteiger partial charge in [0, 0.05) is 63.0 Å². The number of amides is 2. The van der Waals surface area contributed by atoms with Gasteiger partial charge in [-0.3, -0.25) is 14.5 Å². The molecule has 0 aliphatic carbocycles. The van der Waals surface area contributed by atoms with Crippen LogP contribution in [0.1, 0.15) is 37.0 Å². The maximum absolute atomic E-state index is 14.1. The molecule has 2 aromatic rings. The van der Waals surface area contributed by atoms with Crippen LogP contribution in [0.5, 0.6) is 11.5 Å². The molecule has 42 heavy (non-hydrogen) atoms. The van der Waals surface area contributed by atoms with E-state index in [0.29, 0.717) is 53.5 Å². The van der Waals surface area contributed by atoms with Crippen molar-refractivity contribution in [2.45, 2.75) is 38.8 Å². The Morgan fingerprint density at radius 2 is 1.90 bits per heavy atom. The van der Waals surface area contributed by atoms with Gasteiger partial charge in [0.15, 0.2) is 0 Å². The lowest BCUT2D eigenvalue weighted by atomic mass is 10.0. The first-order valence-electron chi connectivity index (χ1n) is 13.9. The number of halogens is 2. The highest BCUT2D eigenvalue weighted by Gasteiger charge is 2.27. The van der Waals surface area contributed by atoms with Gasteiger partial charge < -0.3 is 26.0 Å². The van der Waals surface area contributed by atoms with Crippen LogP contribution in [0, 0.1) is 0 Å². The Kier molecular flexibility index (Phi) is 9.74. The highest BCUT2D eigenvalue weighted by Crippen LogP contribution is 2.34. The lowest BCUT2D eigenvalue weighted by Gasteiger charge is -2.32. The molecule has 0 saturated carbocycles. The lowest BCUT2D eigenvalue weighted by molar-refractivity contribution is -0.120. The summed E-state index contributed by atoms with van der Waals surface area (Å²) in [7, 11) is 2.07. The van der Waals surface area contributed by atoms with Crippen LogP contribution in [0.25, 0.3) is 5.70 Å². The number of hydrogen-bond acceptors (Lipinski definition) is 7. The van der Waals surface area contributed by atoms with Crippen molar-refractivity contribution in [3.8, 4) is 11.5 Å². The maximum Gasteiger partial charge on any atom is 0.270 e. The fraction of sp³-hybridized carbons (Fsp3) is 0.387. The molecular formula is C31H38F2N6O3. The van der Waals surface area contributed by atoms with Crippen LogP contribution in [0.4, 0.5) is 8.78 Å². The molecule has 2 aromatic carbocycles. The predicted molar refractivity (Wildman–Crippen MR) is 159 cm³/mol. The number of allylic oxidation sites excluding steroid dienone is 1. The lowest BCUT2D eigenvalue weighted by Crippen LogP contribution is -2.43.